The van der Waals surface area contributed by atoms with Crippen LogP contribution < -0.4 is 0 Å². The molecule has 13 heavy (non-hydrogen) atoms. The van der Waals surface area contributed by atoms with Gasteiger partial charge in [-0.15, -0.1) is 0 Å². The molecule has 0 radical (unpaired) electrons. The van der Waals surface area contributed by atoms with Crippen LogP contribution in [0.15, 0.2) is 0 Å². The Balaban J connectivity index is 0.000000396. The molecule has 2 fully saturated rings. The van der Waals surface area contributed by atoms with E-state index in [0.29, 0.717) is 5.41 Å². The molecule has 0 atom stereocenters. The van der Waals surface area contributed by atoms with Crippen molar-refractivity contribution in [1.29, 1.82) is 0 Å². The topological polar surface area (TPSA) is 12.5 Å². The fourth-order valence-corrected chi connectivity index (χ4v) is 2.28. The van der Waals surface area contributed by atoms with Gasteiger partial charge in [-0.05, 0) is 19.4 Å². The van der Waals surface area contributed by atoms with E-state index in [1.165, 1.54) is 32.5 Å². The number of nitrogens with zero attached hydrogens (tertiary/aromatic N) is 1. The van der Waals surface area contributed by atoms with Gasteiger partial charge in [0.25, 0.3) is 0 Å². The SMILES string of the molecule is CC.CCCN1CC2(CCOC2)C1. The second kappa shape index (κ2) is 4.97. The van der Waals surface area contributed by atoms with Gasteiger partial charge >= 0.3 is 0 Å². The van der Waals surface area contributed by atoms with Crippen LogP contribution in [0.3, 0.4) is 0 Å². The Morgan fingerprint density at radius 2 is 2.00 bits per heavy atom. The molecule has 0 unspecified atom stereocenters. The molecule has 0 aromatic rings. The molecular formula is C11H23NO. The van der Waals surface area contributed by atoms with E-state index in [2.05, 4.69) is 11.8 Å². The Kier molecular flexibility index (Phi) is 4.20. The zero-order valence-corrected chi connectivity index (χ0v) is 9.31. The van der Waals surface area contributed by atoms with Gasteiger partial charge in [0.2, 0.25) is 0 Å². The van der Waals surface area contributed by atoms with Gasteiger partial charge in [0, 0.05) is 25.1 Å². The van der Waals surface area contributed by atoms with Gasteiger partial charge in [-0.3, -0.25) is 0 Å². The number of likely N-dealkylation sites (tertiary alicyclic amines) is 1. The molecule has 0 aromatic heterocycles. The molecule has 2 aliphatic heterocycles. The molecule has 0 aliphatic carbocycles. The van der Waals surface area contributed by atoms with Crippen LogP contribution in [0.2, 0.25) is 0 Å². The minimum atomic E-state index is 0.592. The third-order valence-electron chi connectivity index (χ3n) is 2.84. The van der Waals surface area contributed by atoms with E-state index in [1.54, 1.807) is 0 Å². The van der Waals surface area contributed by atoms with Crippen LogP contribution in [0, 0.1) is 5.41 Å². The highest BCUT2D eigenvalue weighted by atomic mass is 16.5. The van der Waals surface area contributed by atoms with E-state index in [4.69, 9.17) is 4.74 Å². The lowest BCUT2D eigenvalue weighted by Crippen LogP contribution is -2.56. The lowest BCUT2D eigenvalue weighted by molar-refractivity contribution is -0.00631. The van der Waals surface area contributed by atoms with Crippen molar-refractivity contribution in [2.75, 3.05) is 32.8 Å². The van der Waals surface area contributed by atoms with Crippen molar-refractivity contribution in [3.63, 3.8) is 0 Å². The molecule has 0 amide bonds. The van der Waals surface area contributed by atoms with Crippen LogP contribution in [0.25, 0.3) is 0 Å². The van der Waals surface area contributed by atoms with Crippen molar-refractivity contribution in [1.82, 2.24) is 4.90 Å². The second-order valence-corrected chi connectivity index (χ2v) is 4.01. The summed E-state index contributed by atoms with van der Waals surface area (Å²) in [7, 11) is 0. The summed E-state index contributed by atoms with van der Waals surface area (Å²) in [6.07, 6.45) is 2.59. The average Bonchev–Trinajstić information content (AvgIpc) is 2.57. The third kappa shape index (κ3) is 2.44. The van der Waals surface area contributed by atoms with Crippen LogP contribution in [0.4, 0.5) is 0 Å². The van der Waals surface area contributed by atoms with Gasteiger partial charge in [0.05, 0.1) is 6.61 Å². The normalized spacial score (nSPS) is 25.2. The van der Waals surface area contributed by atoms with Crippen LogP contribution >= 0.6 is 0 Å². The molecule has 0 bridgehead atoms. The van der Waals surface area contributed by atoms with E-state index < -0.39 is 0 Å². The van der Waals surface area contributed by atoms with E-state index in [9.17, 15) is 0 Å². The van der Waals surface area contributed by atoms with Crippen molar-refractivity contribution in [2.45, 2.75) is 33.6 Å². The maximum Gasteiger partial charge on any atom is 0.0547 e. The quantitative estimate of drug-likeness (QED) is 0.653. The first kappa shape index (κ1) is 11.0. The summed E-state index contributed by atoms with van der Waals surface area (Å²) in [5.41, 5.74) is 0.592. The van der Waals surface area contributed by atoms with Crippen LogP contribution in [-0.4, -0.2) is 37.7 Å². The summed E-state index contributed by atoms with van der Waals surface area (Å²) in [6.45, 7) is 12.1. The zero-order chi connectivity index (χ0) is 9.73. The Labute approximate surface area is 82.3 Å². The molecule has 2 nitrogen and oxygen atoms in total. The molecule has 2 rings (SSSR count). The predicted molar refractivity (Wildman–Crippen MR) is 55.9 cm³/mol. The Hall–Kier alpha value is -0.0800. The van der Waals surface area contributed by atoms with Gasteiger partial charge in [-0.25, -0.2) is 0 Å². The molecule has 0 N–H and O–H groups in total. The summed E-state index contributed by atoms with van der Waals surface area (Å²) < 4.78 is 5.40. The highest BCUT2D eigenvalue weighted by Crippen LogP contribution is 2.37. The lowest BCUT2D eigenvalue weighted by Gasteiger charge is -2.47. The standard InChI is InChI=1S/C9H17NO.C2H6/c1-2-4-10-6-9(7-10)3-5-11-8-9;1-2/h2-8H2,1H3;1-2H3. The molecule has 2 heterocycles. The van der Waals surface area contributed by atoms with Gasteiger partial charge in [-0.1, -0.05) is 20.8 Å². The molecule has 2 saturated heterocycles. The maximum atomic E-state index is 5.40. The van der Waals surface area contributed by atoms with Gasteiger partial charge in [0.1, 0.15) is 0 Å². The molecule has 0 aromatic carbocycles. The maximum absolute atomic E-state index is 5.40. The molecule has 0 saturated carbocycles. The third-order valence-corrected chi connectivity index (χ3v) is 2.84. The van der Waals surface area contributed by atoms with Crippen LogP contribution in [-0.2, 0) is 4.74 Å². The number of ether oxygens (including phenoxy) is 1. The summed E-state index contributed by atoms with van der Waals surface area (Å²) in [4.78, 5) is 2.54. The highest BCUT2D eigenvalue weighted by Gasteiger charge is 2.44. The fraction of sp³-hybridized carbons (Fsp3) is 1.00. The first-order valence-corrected chi connectivity index (χ1v) is 5.65. The number of rotatable bonds is 2. The Bertz CT molecular complexity index is 133. The van der Waals surface area contributed by atoms with Crippen molar-refractivity contribution in [3.8, 4) is 0 Å². The molecule has 78 valence electrons. The van der Waals surface area contributed by atoms with E-state index in [1.807, 2.05) is 13.8 Å². The van der Waals surface area contributed by atoms with E-state index in [-0.39, 0.29) is 0 Å². The number of hydrogen-bond donors (Lipinski definition) is 0. The van der Waals surface area contributed by atoms with Gasteiger partial charge in [-0.2, -0.15) is 0 Å². The number of hydrogen-bond acceptors (Lipinski definition) is 2. The van der Waals surface area contributed by atoms with Crippen molar-refractivity contribution < 1.29 is 4.74 Å². The predicted octanol–water partition coefficient (Wildman–Crippen LogP) is 2.14. The van der Waals surface area contributed by atoms with E-state index in [0.717, 1.165) is 13.2 Å². The minimum absolute atomic E-state index is 0.592. The highest BCUT2D eigenvalue weighted by molar-refractivity contribution is 4.96. The molecule has 2 aliphatic rings. The fourth-order valence-electron chi connectivity index (χ4n) is 2.28. The van der Waals surface area contributed by atoms with Gasteiger partial charge < -0.3 is 9.64 Å². The molecule has 1 spiro atoms. The zero-order valence-electron chi connectivity index (χ0n) is 9.31. The Morgan fingerprint density at radius 1 is 1.31 bits per heavy atom. The smallest absolute Gasteiger partial charge is 0.0547 e. The molecule has 2 heteroatoms. The summed E-state index contributed by atoms with van der Waals surface area (Å²) in [5.74, 6) is 0. The van der Waals surface area contributed by atoms with Crippen molar-refractivity contribution >= 4 is 0 Å². The summed E-state index contributed by atoms with van der Waals surface area (Å²) in [5, 5.41) is 0. The first-order chi connectivity index (χ1) is 6.35. The first-order valence-electron chi connectivity index (χ1n) is 5.65. The van der Waals surface area contributed by atoms with Gasteiger partial charge in [0.15, 0.2) is 0 Å². The van der Waals surface area contributed by atoms with Crippen LogP contribution in [0.1, 0.15) is 33.6 Å². The summed E-state index contributed by atoms with van der Waals surface area (Å²) >= 11 is 0. The monoisotopic (exact) mass is 185 g/mol. The minimum Gasteiger partial charge on any atom is -0.381 e. The lowest BCUT2D eigenvalue weighted by atomic mass is 9.79. The van der Waals surface area contributed by atoms with Crippen LogP contribution in [0.5, 0.6) is 0 Å². The van der Waals surface area contributed by atoms with Crippen molar-refractivity contribution in [3.05, 3.63) is 0 Å². The molecular weight excluding hydrogens is 162 g/mol. The summed E-state index contributed by atoms with van der Waals surface area (Å²) in [6, 6.07) is 0. The van der Waals surface area contributed by atoms with E-state index >= 15 is 0 Å². The average molecular weight is 185 g/mol. The second-order valence-electron chi connectivity index (χ2n) is 4.01. The largest absolute Gasteiger partial charge is 0.381 e. The van der Waals surface area contributed by atoms with Crippen molar-refractivity contribution in [2.24, 2.45) is 5.41 Å². The Morgan fingerprint density at radius 3 is 2.46 bits per heavy atom.